The van der Waals surface area contributed by atoms with Crippen molar-refractivity contribution in [3.8, 4) is 22.8 Å². The predicted molar refractivity (Wildman–Crippen MR) is 108 cm³/mol. The molecule has 1 aromatic heterocycles. The second-order valence-electron chi connectivity index (χ2n) is 6.76. The van der Waals surface area contributed by atoms with Crippen LogP contribution in [0.3, 0.4) is 0 Å². The molecule has 3 aromatic rings. The van der Waals surface area contributed by atoms with Gasteiger partial charge in [0.1, 0.15) is 18.1 Å². The van der Waals surface area contributed by atoms with E-state index in [2.05, 4.69) is 4.98 Å². The maximum atomic E-state index is 11.6. The number of carbonyl (C=O) groups is 1. The molecule has 0 fully saturated rings. The van der Waals surface area contributed by atoms with Gasteiger partial charge < -0.3 is 14.6 Å². The first-order valence-electron chi connectivity index (χ1n) is 9.13. The fourth-order valence-electron chi connectivity index (χ4n) is 2.83. The zero-order valence-corrected chi connectivity index (χ0v) is 16.2. The van der Waals surface area contributed by atoms with Crippen LogP contribution in [0, 0.1) is 6.92 Å². The maximum absolute atomic E-state index is 11.6. The van der Waals surface area contributed by atoms with Gasteiger partial charge in [-0.2, -0.15) is 0 Å². The molecule has 0 radical (unpaired) electrons. The molecule has 0 atom stereocenters. The van der Waals surface area contributed by atoms with Gasteiger partial charge in [0.25, 0.3) is 0 Å². The average Bonchev–Trinajstić information content (AvgIpc) is 2.68. The zero-order chi connectivity index (χ0) is 20.1. The molecule has 0 amide bonds. The van der Waals surface area contributed by atoms with Crippen molar-refractivity contribution >= 4 is 5.97 Å². The molecule has 0 aliphatic carbocycles. The highest BCUT2D eigenvalue weighted by molar-refractivity contribution is 5.89. The lowest BCUT2D eigenvalue weighted by Crippen LogP contribution is -2.10. The van der Waals surface area contributed by atoms with E-state index in [0.717, 1.165) is 11.1 Å². The van der Waals surface area contributed by atoms with Crippen LogP contribution in [0.15, 0.2) is 60.7 Å². The molecular weight excluding hydrogens is 354 g/mol. The van der Waals surface area contributed by atoms with Crippen LogP contribution < -0.4 is 9.47 Å². The van der Waals surface area contributed by atoms with Crippen LogP contribution in [-0.2, 0) is 6.61 Å². The summed E-state index contributed by atoms with van der Waals surface area (Å²) in [6, 6.07) is 18.4. The molecule has 0 saturated heterocycles. The summed E-state index contributed by atoms with van der Waals surface area (Å²) in [5, 5.41) is 9.52. The smallest absolute Gasteiger partial charge is 0.337 e. The number of pyridine rings is 1. The lowest BCUT2D eigenvalue weighted by Gasteiger charge is -2.16. The quantitative estimate of drug-likeness (QED) is 0.619. The summed E-state index contributed by atoms with van der Waals surface area (Å²) >= 11 is 0. The largest absolute Gasteiger partial charge is 0.490 e. The third-order valence-electron chi connectivity index (χ3n) is 4.10. The lowest BCUT2D eigenvalue weighted by atomic mass is 10.0. The minimum atomic E-state index is -1.03. The maximum Gasteiger partial charge on any atom is 0.337 e. The van der Waals surface area contributed by atoms with E-state index in [1.807, 2.05) is 69.3 Å². The molecule has 2 aromatic carbocycles. The highest BCUT2D eigenvalue weighted by Crippen LogP contribution is 2.31. The number of aromatic carboxylic acids is 1. The van der Waals surface area contributed by atoms with Crippen molar-refractivity contribution in [3.63, 3.8) is 0 Å². The van der Waals surface area contributed by atoms with Crippen molar-refractivity contribution in [2.24, 2.45) is 0 Å². The standard InChI is InChI=1S/C23H23NO4/c1-15(2)28-22-12-9-16(3)13-19(22)20-11-10-18(23(25)26)21(24-20)14-27-17-7-5-4-6-8-17/h4-13,15H,14H2,1-3H3,(H,25,26). The molecule has 0 saturated carbocycles. The van der Waals surface area contributed by atoms with E-state index in [-0.39, 0.29) is 18.3 Å². The van der Waals surface area contributed by atoms with Gasteiger partial charge >= 0.3 is 5.97 Å². The molecule has 28 heavy (non-hydrogen) atoms. The number of benzene rings is 2. The molecule has 5 heteroatoms. The Morgan fingerprint density at radius 3 is 2.50 bits per heavy atom. The van der Waals surface area contributed by atoms with Gasteiger partial charge in [-0.25, -0.2) is 9.78 Å². The van der Waals surface area contributed by atoms with Crippen molar-refractivity contribution < 1.29 is 19.4 Å². The third kappa shape index (κ3) is 4.68. The summed E-state index contributed by atoms with van der Waals surface area (Å²) in [7, 11) is 0. The number of carboxylic acids is 1. The van der Waals surface area contributed by atoms with Crippen LogP contribution in [0.2, 0.25) is 0 Å². The Hall–Kier alpha value is -3.34. The van der Waals surface area contributed by atoms with Gasteiger partial charge in [-0.3, -0.25) is 0 Å². The molecule has 3 rings (SSSR count). The van der Waals surface area contributed by atoms with E-state index >= 15 is 0 Å². The number of rotatable bonds is 7. The number of para-hydroxylation sites is 1. The van der Waals surface area contributed by atoms with E-state index in [9.17, 15) is 9.90 Å². The Balaban J connectivity index is 1.99. The summed E-state index contributed by atoms with van der Waals surface area (Å²) in [6.07, 6.45) is 0.0145. The number of hydrogen-bond donors (Lipinski definition) is 1. The topological polar surface area (TPSA) is 68.7 Å². The Morgan fingerprint density at radius 2 is 1.82 bits per heavy atom. The fraction of sp³-hybridized carbons (Fsp3) is 0.217. The number of hydrogen-bond acceptors (Lipinski definition) is 4. The summed E-state index contributed by atoms with van der Waals surface area (Å²) in [4.78, 5) is 16.2. The first kappa shape index (κ1) is 19.4. The van der Waals surface area contributed by atoms with Gasteiger partial charge in [-0.05, 0) is 57.2 Å². The molecule has 0 aliphatic rings. The van der Waals surface area contributed by atoms with Crippen LogP contribution in [0.5, 0.6) is 11.5 Å². The summed E-state index contributed by atoms with van der Waals surface area (Å²) in [5.41, 5.74) is 3.03. The van der Waals surface area contributed by atoms with Crippen LogP contribution in [0.4, 0.5) is 0 Å². The first-order valence-corrected chi connectivity index (χ1v) is 9.13. The first-order chi connectivity index (χ1) is 13.4. The van der Waals surface area contributed by atoms with Crippen molar-refractivity contribution in [2.45, 2.75) is 33.5 Å². The second kappa shape index (κ2) is 8.57. The van der Waals surface area contributed by atoms with Crippen molar-refractivity contribution in [3.05, 3.63) is 77.5 Å². The van der Waals surface area contributed by atoms with Gasteiger partial charge in [0.05, 0.1) is 23.1 Å². The number of aromatic nitrogens is 1. The van der Waals surface area contributed by atoms with Crippen LogP contribution in [-0.4, -0.2) is 22.2 Å². The Bertz CT molecular complexity index is 968. The lowest BCUT2D eigenvalue weighted by molar-refractivity contribution is 0.0693. The van der Waals surface area contributed by atoms with Gasteiger partial charge in [-0.1, -0.05) is 29.8 Å². The van der Waals surface area contributed by atoms with Crippen LogP contribution >= 0.6 is 0 Å². The Labute approximate surface area is 164 Å². The minimum Gasteiger partial charge on any atom is -0.490 e. The fourth-order valence-corrected chi connectivity index (χ4v) is 2.83. The molecule has 5 nitrogen and oxygen atoms in total. The molecule has 1 heterocycles. The van der Waals surface area contributed by atoms with E-state index in [0.29, 0.717) is 22.9 Å². The predicted octanol–water partition coefficient (Wildman–Crippen LogP) is 5.12. The van der Waals surface area contributed by atoms with E-state index in [4.69, 9.17) is 9.47 Å². The van der Waals surface area contributed by atoms with E-state index in [1.165, 1.54) is 0 Å². The van der Waals surface area contributed by atoms with Crippen molar-refractivity contribution in [2.75, 3.05) is 0 Å². The summed E-state index contributed by atoms with van der Waals surface area (Å²) in [5.74, 6) is 0.338. The van der Waals surface area contributed by atoms with Gasteiger partial charge in [0, 0.05) is 5.56 Å². The monoisotopic (exact) mass is 377 g/mol. The highest BCUT2D eigenvalue weighted by Gasteiger charge is 2.16. The van der Waals surface area contributed by atoms with Gasteiger partial charge in [0.15, 0.2) is 0 Å². The average molecular weight is 377 g/mol. The number of nitrogens with zero attached hydrogens (tertiary/aromatic N) is 1. The van der Waals surface area contributed by atoms with Gasteiger partial charge in [-0.15, -0.1) is 0 Å². The molecule has 0 aliphatic heterocycles. The van der Waals surface area contributed by atoms with Crippen LogP contribution in [0.1, 0.15) is 35.5 Å². The molecular formula is C23H23NO4. The molecule has 1 N–H and O–H groups in total. The van der Waals surface area contributed by atoms with E-state index < -0.39 is 5.97 Å². The number of ether oxygens (including phenoxy) is 2. The summed E-state index contributed by atoms with van der Waals surface area (Å²) < 4.78 is 11.6. The highest BCUT2D eigenvalue weighted by atomic mass is 16.5. The van der Waals surface area contributed by atoms with Gasteiger partial charge in [0.2, 0.25) is 0 Å². The normalized spacial score (nSPS) is 10.7. The molecule has 0 unspecified atom stereocenters. The molecule has 144 valence electrons. The third-order valence-corrected chi connectivity index (χ3v) is 4.10. The molecule has 0 bridgehead atoms. The van der Waals surface area contributed by atoms with Crippen molar-refractivity contribution in [1.29, 1.82) is 0 Å². The second-order valence-corrected chi connectivity index (χ2v) is 6.76. The van der Waals surface area contributed by atoms with Crippen LogP contribution in [0.25, 0.3) is 11.3 Å². The Morgan fingerprint density at radius 1 is 1.07 bits per heavy atom. The SMILES string of the molecule is Cc1ccc(OC(C)C)c(-c2ccc(C(=O)O)c(COc3ccccc3)n2)c1. The summed E-state index contributed by atoms with van der Waals surface area (Å²) in [6.45, 7) is 5.98. The number of carboxylic acid groups (broad SMARTS) is 1. The van der Waals surface area contributed by atoms with Crippen molar-refractivity contribution in [1.82, 2.24) is 4.98 Å². The zero-order valence-electron chi connectivity index (χ0n) is 16.2. The van der Waals surface area contributed by atoms with E-state index in [1.54, 1.807) is 12.1 Å². The molecule has 0 spiro atoms. The number of aryl methyl sites for hydroxylation is 1. The Kier molecular flexibility index (Phi) is 5.94. The minimum absolute atomic E-state index is 0.0145.